The zero-order valence-electron chi connectivity index (χ0n) is 16.5. The molecule has 2 saturated heterocycles. The van der Waals surface area contributed by atoms with E-state index in [1.807, 2.05) is 24.3 Å². The molecule has 7 heteroatoms. The van der Waals surface area contributed by atoms with Crippen LogP contribution in [-0.2, 0) is 14.4 Å². The lowest BCUT2D eigenvalue weighted by atomic mass is 9.84. The van der Waals surface area contributed by atoms with Crippen LogP contribution in [0.1, 0.15) is 41.4 Å². The van der Waals surface area contributed by atoms with Gasteiger partial charge in [0.15, 0.2) is 11.6 Å². The third kappa shape index (κ3) is 2.41. The minimum absolute atomic E-state index is 0.0959. The summed E-state index contributed by atoms with van der Waals surface area (Å²) in [4.78, 5) is 52.1. The fourth-order valence-electron chi connectivity index (χ4n) is 4.92. The van der Waals surface area contributed by atoms with Crippen LogP contribution in [0, 0.1) is 11.8 Å². The highest BCUT2D eigenvalue weighted by atomic mass is 16.2. The number of hydrazone groups is 1. The molecule has 2 fully saturated rings. The van der Waals surface area contributed by atoms with Crippen LogP contribution in [0.5, 0.6) is 0 Å². The first-order valence-electron chi connectivity index (χ1n) is 9.80. The Hall–Kier alpha value is -3.61. The van der Waals surface area contributed by atoms with Gasteiger partial charge >= 0.3 is 0 Å². The van der Waals surface area contributed by atoms with Crippen LogP contribution in [0.4, 0.5) is 5.69 Å². The molecule has 3 heterocycles. The Kier molecular flexibility index (Phi) is 3.96. The van der Waals surface area contributed by atoms with Gasteiger partial charge in [-0.15, -0.1) is 0 Å². The van der Waals surface area contributed by atoms with E-state index in [0.29, 0.717) is 11.3 Å². The van der Waals surface area contributed by atoms with Crippen LogP contribution in [0.25, 0.3) is 0 Å². The summed E-state index contributed by atoms with van der Waals surface area (Å²) in [6, 6.07) is 12.7. The fraction of sp³-hybridized carbons (Fsp3) is 0.261. The van der Waals surface area contributed by atoms with Crippen molar-refractivity contribution in [1.29, 1.82) is 0 Å². The van der Waals surface area contributed by atoms with Gasteiger partial charge in [0.05, 0.1) is 29.8 Å². The van der Waals surface area contributed by atoms with Crippen LogP contribution in [0.2, 0.25) is 0 Å². The predicted octanol–water partition coefficient (Wildman–Crippen LogP) is 2.36. The Morgan fingerprint density at radius 3 is 2.23 bits per heavy atom. The number of benzene rings is 2. The minimum atomic E-state index is -0.796. The average molecular weight is 401 g/mol. The maximum absolute atomic E-state index is 13.5. The Bertz CT molecular complexity index is 1140. The lowest BCUT2D eigenvalue weighted by Crippen LogP contribution is -2.43. The maximum atomic E-state index is 13.5. The number of hydrogen-bond donors (Lipinski definition) is 0. The third-order valence-corrected chi connectivity index (χ3v) is 6.24. The van der Waals surface area contributed by atoms with Crippen LogP contribution in [0.3, 0.4) is 0 Å². The van der Waals surface area contributed by atoms with Gasteiger partial charge < -0.3 is 0 Å². The van der Waals surface area contributed by atoms with E-state index in [-0.39, 0.29) is 17.5 Å². The van der Waals surface area contributed by atoms with Gasteiger partial charge in [-0.05, 0) is 49.2 Å². The molecule has 0 spiro atoms. The summed E-state index contributed by atoms with van der Waals surface area (Å²) in [6.45, 7) is 2.89. The number of rotatable bonds is 3. The molecule has 5 rings (SSSR count). The molecule has 3 aliphatic rings. The van der Waals surface area contributed by atoms with Crippen molar-refractivity contribution in [2.24, 2.45) is 16.9 Å². The van der Waals surface area contributed by atoms with Crippen molar-refractivity contribution in [2.75, 3.05) is 4.90 Å². The molecule has 30 heavy (non-hydrogen) atoms. The molecule has 0 aliphatic carbocycles. The van der Waals surface area contributed by atoms with Crippen molar-refractivity contribution < 1.29 is 19.2 Å². The number of Topliss-reactive ketones (excluding diaryl/α,β-unsaturated/α-hetero) is 2. The van der Waals surface area contributed by atoms with Crippen molar-refractivity contribution in [2.45, 2.75) is 25.9 Å². The van der Waals surface area contributed by atoms with Gasteiger partial charge in [-0.25, -0.2) is 4.90 Å². The maximum Gasteiger partial charge on any atom is 0.240 e. The molecule has 0 unspecified atom stereocenters. The minimum Gasteiger partial charge on any atom is -0.298 e. The van der Waals surface area contributed by atoms with E-state index in [1.54, 1.807) is 35.5 Å². The smallest absolute Gasteiger partial charge is 0.240 e. The van der Waals surface area contributed by atoms with E-state index in [2.05, 4.69) is 5.10 Å². The number of fused-ring (bicyclic) bond motifs is 5. The SMILES string of the molecule is CC(=O)c1ccc(N2C(=O)[C@@H]3[C@H](C2=O)[C@H]2c4ccccc4C=NN2[C@H]3C(C)=O)cc1. The van der Waals surface area contributed by atoms with Gasteiger partial charge in [-0.2, -0.15) is 5.10 Å². The standard InChI is InChI=1S/C23H19N3O4/c1-12(27)14-7-9-16(10-8-14)25-22(29)18-19(23(25)30)21-17-6-4-3-5-15(17)11-24-26(21)20(18)13(2)28/h3-11,18-21H,1-2H3/t18-,19+,20+,21-/m1/s1. The molecule has 7 nitrogen and oxygen atoms in total. The molecule has 0 bridgehead atoms. The molecule has 2 aromatic rings. The van der Waals surface area contributed by atoms with Gasteiger partial charge in [0.2, 0.25) is 11.8 Å². The van der Waals surface area contributed by atoms with Crippen molar-refractivity contribution in [3.8, 4) is 0 Å². The first-order chi connectivity index (χ1) is 14.4. The summed E-state index contributed by atoms with van der Waals surface area (Å²) in [5, 5.41) is 6.07. The number of carbonyl (C=O) groups excluding carboxylic acids is 4. The predicted molar refractivity (Wildman–Crippen MR) is 109 cm³/mol. The zero-order valence-corrected chi connectivity index (χ0v) is 16.5. The molecule has 0 aromatic heterocycles. The zero-order chi connectivity index (χ0) is 21.2. The summed E-state index contributed by atoms with van der Waals surface area (Å²) < 4.78 is 0. The first kappa shape index (κ1) is 18.4. The van der Waals surface area contributed by atoms with E-state index in [9.17, 15) is 19.2 Å². The number of ketones is 2. The summed E-state index contributed by atoms with van der Waals surface area (Å²) in [5.41, 5.74) is 2.68. The number of nitrogens with zero attached hydrogens (tertiary/aromatic N) is 3. The molecule has 0 saturated carbocycles. The Morgan fingerprint density at radius 1 is 0.900 bits per heavy atom. The number of amides is 2. The summed E-state index contributed by atoms with van der Waals surface area (Å²) >= 11 is 0. The third-order valence-electron chi connectivity index (χ3n) is 6.24. The lowest BCUT2D eigenvalue weighted by molar-refractivity contribution is -0.129. The molecule has 150 valence electrons. The number of imide groups is 1. The molecule has 2 amide bonds. The van der Waals surface area contributed by atoms with Gasteiger partial charge in [-0.1, -0.05) is 24.3 Å². The van der Waals surface area contributed by atoms with Gasteiger partial charge in [0.25, 0.3) is 0 Å². The largest absolute Gasteiger partial charge is 0.298 e. The number of hydrogen-bond acceptors (Lipinski definition) is 6. The number of anilines is 1. The van der Waals surface area contributed by atoms with Crippen LogP contribution >= 0.6 is 0 Å². The van der Waals surface area contributed by atoms with Crippen molar-refractivity contribution >= 4 is 35.3 Å². The van der Waals surface area contributed by atoms with E-state index in [4.69, 9.17) is 0 Å². The second-order valence-electron chi connectivity index (χ2n) is 7.92. The molecule has 2 aromatic carbocycles. The Labute approximate surface area is 173 Å². The second kappa shape index (κ2) is 6.45. The van der Waals surface area contributed by atoms with E-state index < -0.39 is 29.8 Å². The van der Waals surface area contributed by atoms with Crippen molar-refractivity contribution in [3.05, 3.63) is 65.2 Å². The van der Waals surface area contributed by atoms with E-state index in [0.717, 1.165) is 16.0 Å². The van der Waals surface area contributed by atoms with Crippen molar-refractivity contribution in [3.63, 3.8) is 0 Å². The van der Waals surface area contributed by atoms with E-state index in [1.165, 1.54) is 13.8 Å². The summed E-state index contributed by atoms with van der Waals surface area (Å²) in [7, 11) is 0. The Balaban J connectivity index is 1.60. The first-order valence-corrected chi connectivity index (χ1v) is 9.80. The Morgan fingerprint density at radius 2 is 1.57 bits per heavy atom. The molecular weight excluding hydrogens is 382 g/mol. The van der Waals surface area contributed by atoms with E-state index >= 15 is 0 Å². The van der Waals surface area contributed by atoms with Crippen LogP contribution in [0.15, 0.2) is 53.6 Å². The topological polar surface area (TPSA) is 87.1 Å². The normalized spacial score (nSPS) is 26.5. The lowest BCUT2D eigenvalue weighted by Gasteiger charge is -2.33. The number of carbonyl (C=O) groups is 4. The molecule has 0 N–H and O–H groups in total. The quantitative estimate of drug-likeness (QED) is 0.582. The molecule has 0 radical (unpaired) electrons. The highest BCUT2D eigenvalue weighted by Gasteiger charge is 2.64. The van der Waals surface area contributed by atoms with Gasteiger partial charge in [-0.3, -0.25) is 24.2 Å². The van der Waals surface area contributed by atoms with Gasteiger partial charge in [0, 0.05) is 5.56 Å². The summed E-state index contributed by atoms with van der Waals surface area (Å²) in [5.74, 6) is -2.53. The monoisotopic (exact) mass is 401 g/mol. The fourth-order valence-corrected chi connectivity index (χ4v) is 4.92. The molecule has 4 atom stereocenters. The van der Waals surface area contributed by atoms with Crippen molar-refractivity contribution in [1.82, 2.24) is 5.01 Å². The second-order valence-corrected chi connectivity index (χ2v) is 7.92. The van der Waals surface area contributed by atoms with Crippen LogP contribution < -0.4 is 4.90 Å². The molecule has 3 aliphatic heterocycles. The molecular formula is C23H19N3O4. The highest BCUT2D eigenvalue weighted by Crippen LogP contribution is 2.52. The average Bonchev–Trinajstić information content (AvgIpc) is 3.21. The summed E-state index contributed by atoms with van der Waals surface area (Å²) in [6.07, 6.45) is 1.68. The van der Waals surface area contributed by atoms with Gasteiger partial charge in [0.1, 0.15) is 6.04 Å². The van der Waals surface area contributed by atoms with Crippen LogP contribution in [-0.4, -0.2) is 40.6 Å². The highest BCUT2D eigenvalue weighted by molar-refractivity contribution is 6.24.